The van der Waals surface area contributed by atoms with Gasteiger partial charge in [0.05, 0.1) is 6.33 Å². The molecule has 119 heavy (non-hydrogen) atoms. The molecular weight excluding hydrogens is 1560 g/mol. The summed E-state index contributed by atoms with van der Waals surface area (Å²) in [4.78, 5) is 196. The van der Waals surface area contributed by atoms with Crippen LogP contribution in [0.2, 0.25) is 5.02 Å². The van der Waals surface area contributed by atoms with Gasteiger partial charge in [0.2, 0.25) is 70.9 Å². The second-order valence-corrected chi connectivity index (χ2v) is 29.4. The van der Waals surface area contributed by atoms with Crippen molar-refractivity contribution in [1.29, 1.82) is 10.8 Å². The molecule has 1 aliphatic rings. The van der Waals surface area contributed by atoms with Crippen LogP contribution >= 0.6 is 11.6 Å². The fourth-order valence-electron chi connectivity index (χ4n) is 13.2. The molecule has 3 heterocycles. The molecule has 1 aliphatic heterocycles. The third kappa shape index (κ3) is 32.6. The zero-order valence-electron chi connectivity index (χ0n) is 66.4. The predicted octanol–water partition coefficient (Wildman–Crippen LogP) is -0.0974. The highest BCUT2D eigenvalue weighted by Gasteiger charge is 2.37. The number of carbonyl (C=O) groups is 13. The van der Waals surface area contributed by atoms with Gasteiger partial charge in [0.15, 0.2) is 11.9 Å². The largest absolute Gasteiger partial charge is 0.508 e. The number of fused-ring (bicyclic) bond motifs is 1. The number of guanidine groups is 2. The molecule has 0 saturated carbocycles. The molecule has 2 aromatic heterocycles. The fourth-order valence-corrected chi connectivity index (χ4v) is 13.3. The van der Waals surface area contributed by atoms with Crippen molar-refractivity contribution in [1.82, 2.24) is 89.4 Å². The van der Waals surface area contributed by atoms with Gasteiger partial charge >= 0.3 is 5.97 Å². The topological polar surface area (TPSA) is 601 Å². The molecule has 7 rings (SSSR count). The van der Waals surface area contributed by atoms with Crippen LogP contribution < -0.4 is 91.6 Å². The molecule has 26 N–H and O–H groups in total. The first-order valence-corrected chi connectivity index (χ1v) is 39.8. The SMILES string of the molecule is CC(=O)N[C@@H](Cc1ccccc1)C(=O)N[C@@H](CCCNC(=N)N)C(=O)N[C@@H](CCCNC(=N)N)C(=O)N[C@@H](CCCCN)C(=O)N[C@@H](C)C(=O)N[C@@H](Cc1ccc(Cl)cc1)C(=O)N[C@H]1CCC/C=C\CCC[C@@H](C(=O)NCC(=O)O)NC(=O)[C@H](Cc2ccc(O)cc2)NC(=O)[C@H](Cc2c[nH]c3ccccc23)NC(=O)[C@H](Cc2cnc[nH]2)NC1=O. The minimum Gasteiger partial charge on any atom is -0.508 e. The molecule has 0 radical (unpaired) electrons. The standard InChI is InChI=1S/C81H109ClN22O15/c1-47(94-71(111)59(24-14-15-35-83)97-72(112)61(25-16-36-89-80(84)85)98-73(113)62(26-17-37-90-81(86)87)100-75(115)63(95-48(2)105)38-49-18-8-7-9-19-49)69(109)101-64(39-50-27-31-53(82)32-28-50)76(116)99-60-23-11-6-4-3-5-10-22-58(70(110)92-45-68(107)108)96-77(117)65(40-51-29-33-55(106)34-30-51)102-78(118)66(41-52-43-91-57-21-13-12-20-56(52)57)103-79(119)67(104-74(60)114)42-54-44-88-46-93-54/h3-4,7-9,12-13,18-21,27-34,43-44,46-47,58-67,91,106H,5-6,10-11,14-17,22-26,35-42,45,83H2,1-2H3,(H,88,93)(H,92,110)(H,94,111)(H,95,105)(H,96,117)(H,97,112)(H,98,113)(H,99,116)(H,100,115)(H,101,109)(H,102,118)(H,103,119)(H,104,114)(H,107,108)(H4,84,85,89)(H4,86,87,90)/b4-3-/t47-,58-,59-,60-,61-,62-,63-,64-,65-,66-,67-/m0/s1. The van der Waals surface area contributed by atoms with Gasteiger partial charge in [-0.25, -0.2) is 4.98 Å². The van der Waals surface area contributed by atoms with Gasteiger partial charge in [-0.05, 0) is 150 Å². The number of aromatic nitrogens is 3. The molecule has 0 unspecified atom stereocenters. The molecule has 12 amide bonds. The molecule has 6 aromatic rings. The number of phenolic OH excluding ortho intramolecular Hbond substituents is 1. The van der Waals surface area contributed by atoms with Crippen molar-refractivity contribution in [2.75, 3.05) is 26.2 Å². The summed E-state index contributed by atoms with van der Waals surface area (Å²) >= 11 is 6.32. The second-order valence-electron chi connectivity index (χ2n) is 29.0. The number of nitrogens with zero attached hydrogens (tertiary/aromatic N) is 1. The number of halogens is 1. The van der Waals surface area contributed by atoms with Gasteiger partial charge in [0, 0.05) is 86.1 Å². The van der Waals surface area contributed by atoms with Crippen LogP contribution in [0.5, 0.6) is 5.75 Å². The number of phenols is 1. The number of hydrogen-bond donors (Lipinski definition) is 23. The maximum Gasteiger partial charge on any atom is 0.322 e. The number of H-pyrrole nitrogens is 2. The number of aromatic hydroxyl groups is 1. The van der Waals surface area contributed by atoms with E-state index in [0.29, 0.717) is 63.1 Å². The lowest BCUT2D eigenvalue weighted by Crippen LogP contribution is -2.61. The Kier molecular flexibility index (Phi) is 38.1. The van der Waals surface area contributed by atoms with Gasteiger partial charge in [-0.15, -0.1) is 0 Å². The highest BCUT2D eigenvalue weighted by Crippen LogP contribution is 2.22. The van der Waals surface area contributed by atoms with E-state index in [1.54, 1.807) is 97.2 Å². The maximum atomic E-state index is 15.3. The zero-order valence-corrected chi connectivity index (χ0v) is 67.1. The van der Waals surface area contributed by atoms with Crippen molar-refractivity contribution in [2.45, 2.75) is 196 Å². The van der Waals surface area contributed by atoms with Crippen LogP contribution in [0.25, 0.3) is 10.9 Å². The van der Waals surface area contributed by atoms with Gasteiger partial charge in [-0.3, -0.25) is 73.1 Å². The number of aliphatic carboxylic acids is 1. The number of imidazole rings is 1. The number of para-hydroxylation sites is 1. The van der Waals surface area contributed by atoms with E-state index in [0.717, 1.165) is 0 Å². The first-order valence-electron chi connectivity index (χ1n) is 39.4. The number of unbranched alkanes of at least 4 members (excludes halogenated alkanes) is 1. The average Bonchev–Trinajstić information content (AvgIpc) is 1.57. The second kappa shape index (κ2) is 48.6. The van der Waals surface area contributed by atoms with Gasteiger partial charge in [-0.2, -0.15) is 0 Å². The van der Waals surface area contributed by atoms with E-state index < -0.39 is 150 Å². The lowest BCUT2D eigenvalue weighted by Gasteiger charge is -2.28. The normalized spacial score (nSPS) is 18.0. The molecule has 0 spiro atoms. The molecular formula is C81H109ClN22O15. The average molecular weight is 1670 g/mol. The van der Waals surface area contributed by atoms with Gasteiger partial charge in [-0.1, -0.05) is 96.5 Å². The quantitative estimate of drug-likeness (QED) is 0.0104. The van der Waals surface area contributed by atoms with Gasteiger partial charge in [0.25, 0.3) is 0 Å². The summed E-state index contributed by atoms with van der Waals surface area (Å²) in [6.45, 7) is 2.15. The molecule has 0 saturated heterocycles. The molecule has 0 bridgehead atoms. The summed E-state index contributed by atoms with van der Waals surface area (Å²) < 4.78 is 0. The third-order valence-electron chi connectivity index (χ3n) is 19.5. The van der Waals surface area contributed by atoms with Crippen molar-refractivity contribution in [2.24, 2.45) is 17.2 Å². The van der Waals surface area contributed by atoms with Crippen LogP contribution in [0.15, 0.2) is 134 Å². The molecule has 4 aromatic carbocycles. The van der Waals surface area contributed by atoms with E-state index in [4.69, 9.17) is 39.6 Å². The summed E-state index contributed by atoms with van der Waals surface area (Å²) in [5.74, 6) is -12.2. The van der Waals surface area contributed by atoms with Crippen molar-refractivity contribution in [3.05, 3.63) is 167 Å². The minimum absolute atomic E-state index is 0.00845. The Labute approximate surface area is 692 Å². The van der Waals surface area contributed by atoms with E-state index in [-0.39, 0.29) is 134 Å². The summed E-state index contributed by atoms with van der Waals surface area (Å²) in [6, 6.07) is 12.5. The number of amides is 12. The number of nitrogens with two attached hydrogens (primary N) is 3. The molecule has 0 aliphatic carbocycles. The Balaban J connectivity index is 1.17. The van der Waals surface area contributed by atoms with Crippen LogP contribution in [-0.2, 0) is 94.4 Å². The van der Waals surface area contributed by atoms with Crippen LogP contribution in [0.4, 0.5) is 0 Å². The van der Waals surface area contributed by atoms with Crippen molar-refractivity contribution in [3.63, 3.8) is 0 Å². The van der Waals surface area contributed by atoms with E-state index in [9.17, 15) is 53.4 Å². The Bertz CT molecular complexity index is 4460. The lowest BCUT2D eigenvalue weighted by molar-refractivity contribution is -0.138. The van der Waals surface area contributed by atoms with Crippen LogP contribution in [-0.4, -0.2) is 207 Å². The maximum absolute atomic E-state index is 15.3. The molecule has 37 nitrogen and oxygen atoms in total. The monoisotopic (exact) mass is 1660 g/mol. The predicted molar refractivity (Wildman–Crippen MR) is 443 cm³/mol. The van der Waals surface area contributed by atoms with Gasteiger partial charge < -0.3 is 112 Å². The smallest absolute Gasteiger partial charge is 0.322 e. The number of carboxylic acid groups (broad SMARTS) is 1. The number of nitrogens with one attached hydrogen (secondary N) is 18. The highest BCUT2D eigenvalue weighted by molar-refractivity contribution is 6.30. The highest BCUT2D eigenvalue weighted by atomic mass is 35.5. The Hall–Kier alpha value is -12.9. The van der Waals surface area contributed by atoms with E-state index in [2.05, 4.69) is 89.4 Å². The Morgan fingerprint density at radius 2 is 1.07 bits per heavy atom. The first kappa shape index (κ1) is 93.2. The van der Waals surface area contributed by atoms with E-state index in [1.807, 2.05) is 0 Å². The minimum atomic E-state index is -1.54. The zero-order chi connectivity index (χ0) is 86.3. The van der Waals surface area contributed by atoms with Crippen LogP contribution in [0, 0.1) is 10.8 Å². The van der Waals surface area contributed by atoms with E-state index in [1.165, 1.54) is 50.6 Å². The summed E-state index contributed by atoms with van der Waals surface area (Å²) in [5.41, 5.74) is 20.2. The number of carbonyl (C=O) groups excluding carboxylic acids is 12. The lowest BCUT2D eigenvalue weighted by atomic mass is 10.0. The number of benzene rings is 4. The van der Waals surface area contributed by atoms with Gasteiger partial charge in [0.1, 0.15) is 78.8 Å². The van der Waals surface area contributed by atoms with Crippen LogP contribution in [0.3, 0.4) is 0 Å². The summed E-state index contributed by atoms with van der Waals surface area (Å²) in [6.07, 6.45) is 8.86. The Morgan fingerprint density at radius 1 is 0.555 bits per heavy atom. The van der Waals surface area contributed by atoms with Crippen molar-refractivity contribution >= 4 is 111 Å². The molecule has 11 atom stereocenters. The first-order chi connectivity index (χ1) is 57.0. The number of rotatable bonds is 38. The number of aromatic amines is 2. The number of hydrogen-bond acceptors (Lipinski definition) is 18. The summed E-state index contributed by atoms with van der Waals surface area (Å²) in [7, 11) is 0. The molecule has 640 valence electrons. The molecule has 0 fully saturated rings. The number of allylic oxidation sites excluding steroid dienone is 2. The van der Waals surface area contributed by atoms with Crippen molar-refractivity contribution in [3.8, 4) is 5.75 Å². The number of carboxylic acids is 1. The van der Waals surface area contributed by atoms with Crippen molar-refractivity contribution < 1.29 is 72.5 Å². The molecule has 38 heteroatoms. The van der Waals surface area contributed by atoms with E-state index >= 15 is 19.2 Å². The third-order valence-corrected chi connectivity index (χ3v) is 19.7. The Morgan fingerprint density at radius 3 is 1.65 bits per heavy atom. The fraction of sp³-hybridized carbons (Fsp3) is 0.432. The summed E-state index contributed by atoms with van der Waals surface area (Å²) in [5, 5.41) is 73.7. The van der Waals surface area contributed by atoms with Crippen LogP contribution in [0.1, 0.15) is 125 Å².